The highest BCUT2D eigenvalue weighted by Gasteiger charge is 2.05. The molecule has 1 atom stereocenters. The average molecular weight is 237 g/mol. The van der Waals surface area contributed by atoms with Crippen molar-refractivity contribution in [3.8, 4) is 0 Å². The van der Waals surface area contributed by atoms with Crippen LogP contribution in [0, 0.1) is 0 Å². The van der Waals surface area contributed by atoms with Gasteiger partial charge in [-0.3, -0.25) is 0 Å². The SMILES string of the molecule is CC(Nc1ccc2nc[nH]c2c1)c1ccccc1. The van der Waals surface area contributed by atoms with Gasteiger partial charge in [-0.15, -0.1) is 0 Å². The van der Waals surface area contributed by atoms with Crippen molar-refractivity contribution < 1.29 is 0 Å². The monoisotopic (exact) mass is 237 g/mol. The molecule has 2 aromatic carbocycles. The van der Waals surface area contributed by atoms with Crippen molar-refractivity contribution >= 4 is 16.7 Å². The Morgan fingerprint density at radius 1 is 1.11 bits per heavy atom. The van der Waals surface area contributed by atoms with Gasteiger partial charge < -0.3 is 10.3 Å². The predicted octanol–water partition coefficient (Wildman–Crippen LogP) is 3.74. The molecule has 1 aromatic heterocycles. The second-order valence-electron chi connectivity index (χ2n) is 4.41. The summed E-state index contributed by atoms with van der Waals surface area (Å²) in [5, 5.41) is 3.49. The van der Waals surface area contributed by atoms with E-state index in [1.807, 2.05) is 12.1 Å². The molecular formula is C15H15N3. The van der Waals surface area contributed by atoms with Gasteiger partial charge in [0.1, 0.15) is 0 Å². The molecule has 0 aliphatic carbocycles. The smallest absolute Gasteiger partial charge is 0.0931 e. The van der Waals surface area contributed by atoms with Crippen LogP contribution in [0.2, 0.25) is 0 Å². The van der Waals surface area contributed by atoms with E-state index in [1.165, 1.54) is 5.56 Å². The number of H-pyrrole nitrogens is 1. The van der Waals surface area contributed by atoms with Gasteiger partial charge in [0, 0.05) is 11.7 Å². The number of rotatable bonds is 3. The molecule has 0 aliphatic heterocycles. The van der Waals surface area contributed by atoms with Gasteiger partial charge in [0.05, 0.1) is 17.4 Å². The first-order chi connectivity index (χ1) is 8.83. The van der Waals surface area contributed by atoms with E-state index in [0.29, 0.717) is 0 Å². The summed E-state index contributed by atoms with van der Waals surface area (Å²) in [6.07, 6.45) is 1.72. The van der Waals surface area contributed by atoms with Gasteiger partial charge in [-0.25, -0.2) is 4.98 Å². The van der Waals surface area contributed by atoms with E-state index < -0.39 is 0 Å². The number of nitrogens with one attached hydrogen (secondary N) is 2. The van der Waals surface area contributed by atoms with E-state index in [-0.39, 0.29) is 6.04 Å². The number of hydrogen-bond acceptors (Lipinski definition) is 2. The summed E-state index contributed by atoms with van der Waals surface area (Å²) >= 11 is 0. The minimum atomic E-state index is 0.284. The summed E-state index contributed by atoms with van der Waals surface area (Å²) in [6, 6.07) is 16.9. The first-order valence-electron chi connectivity index (χ1n) is 6.07. The second-order valence-corrected chi connectivity index (χ2v) is 4.41. The van der Waals surface area contributed by atoms with E-state index in [2.05, 4.69) is 58.6 Å². The van der Waals surface area contributed by atoms with Crippen LogP contribution in [0.3, 0.4) is 0 Å². The molecule has 3 aromatic rings. The molecule has 0 aliphatic rings. The summed E-state index contributed by atoms with van der Waals surface area (Å²) in [6.45, 7) is 2.16. The maximum atomic E-state index is 4.21. The molecule has 0 radical (unpaired) electrons. The number of anilines is 1. The van der Waals surface area contributed by atoms with Gasteiger partial charge in [-0.2, -0.15) is 0 Å². The summed E-state index contributed by atoms with van der Waals surface area (Å²) in [7, 11) is 0. The van der Waals surface area contributed by atoms with Crippen molar-refractivity contribution in [2.45, 2.75) is 13.0 Å². The summed E-state index contributed by atoms with van der Waals surface area (Å²) in [5.74, 6) is 0. The lowest BCUT2D eigenvalue weighted by molar-refractivity contribution is 0.885. The summed E-state index contributed by atoms with van der Waals surface area (Å²) in [5.41, 5.74) is 4.43. The third kappa shape index (κ3) is 2.07. The Morgan fingerprint density at radius 3 is 2.78 bits per heavy atom. The molecule has 1 heterocycles. The maximum absolute atomic E-state index is 4.21. The lowest BCUT2D eigenvalue weighted by Crippen LogP contribution is -2.06. The molecule has 3 nitrogen and oxygen atoms in total. The molecule has 1 unspecified atom stereocenters. The Kier molecular flexibility index (Phi) is 2.73. The van der Waals surface area contributed by atoms with Crippen LogP contribution in [0.25, 0.3) is 11.0 Å². The van der Waals surface area contributed by atoms with Crippen LogP contribution in [0.4, 0.5) is 5.69 Å². The Balaban J connectivity index is 1.83. The Bertz CT molecular complexity index is 643. The van der Waals surface area contributed by atoms with E-state index >= 15 is 0 Å². The highest BCUT2D eigenvalue weighted by atomic mass is 14.9. The van der Waals surface area contributed by atoms with Crippen molar-refractivity contribution in [3.63, 3.8) is 0 Å². The second kappa shape index (κ2) is 4.53. The highest BCUT2D eigenvalue weighted by molar-refractivity contribution is 5.78. The molecule has 2 N–H and O–H groups in total. The Hall–Kier alpha value is -2.29. The zero-order valence-electron chi connectivity index (χ0n) is 10.2. The largest absolute Gasteiger partial charge is 0.378 e. The number of fused-ring (bicyclic) bond motifs is 1. The van der Waals surface area contributed by atoms with Gasteiger partial charge in [0.25, 0.3) is 0 Å². The van der Waals surface area contributed by atoms with Crippen LogP contribution in [0.5, 0.6) is 0 Å². The quantitative estimate of drug-likeness (QED) is 0.728. The van der Waals surface area contributed by atoms with Crippen molar-refractivity contribution in [3.05, 3.63) is 60.4 Å². The lowest BCUT2D eigenvalue weighted by atomic mass is 10.1. The van der Waals surface area contributed by atoms with Crippen LogP contribution >= 0.6 is 0 Å². The van der Waals surface area contributed by atoms with E-state index in [4.69, 9.17) is 0 Å². The lowest BCUT2D eigenvalue weighted by Gasteiger charge is -2.15. The molecule has 3 heteroatoms. The molecule has 0 amide bonds. The van der Waals surface area contributed by atoms with E-state index in [9.17, 15) is 0 Å². The fourth-order valence-electron chi connectivity index (χ4n) is 2.10. The molecule has 0 bridgehead atoms. The fourth-order valence-corrected chi connectivity index (χ4v) is 2.10. The van der Waals surface area contributed by atoms with Crippen LogP contribution < -0.4 is 5.32 Å². The standard InChI is InChI=1S/C15H15N3/c1-11(12-5-3-2-4-6-12)18-13-7-8-14-15(9-13)17-10-16-14/h2-11,18H,1H3,(H,16,17). The molecule has 90 valence electrons. The maximum Gasteiger partial charge on any atom is 0.0931 e. The number of hydrogen-bond donors (Lipinski definition) is 2. The Labute approximate surface area is 106 Å². The zero-order chi connectivity index (χ0) is 12.4. The molecule has 0 spiro atoms. The van der Waals surface area contributed by atoms with Crippen molar-refractivity contribution in [1.29, 1.82) is 0 Å². The van der Waals surface area contributed by atoms with Crippen molar-refractivity contribution in [1.82, 2.24) is 9.97 Å². The fraction of sp³-hybridized carbons (Fsp3) is 0.133. The van der Waals surface area contributed by atoms with Gasteiger partial charge in [-0.05, 0) is 30.7 Å². The van der Waals surface area contributed by atoms with Gasteiger partial charge in [0.15, 0.2) is 0 Å². The molecule has 0 saturated carbocycles. The third-order valence-electron chi connectivity index (χ3n) is 3.10. The van der Waals surface area contributed by atoms with E-state index in [1.54, 1.807) is 6.33 Å². The number of imidazole rings is 1. The topological polar surface area (TPSA) is 40.7 Å². The molecular weight excluding hydrogens is 222 g/mol. The first-order valence-corrected chi connectivity index (χ1v) is 6.07. The van der Waals surface area contributed by atoms with Crippen LogP contribution in [-0.2, 0) is 0 Å². The van der Waals surface area contributed by atoms with Crippen LogP contribution in [0.1, 0.15) is 18.5 Å². The zero-order valence-corrected chi connectivity index (χ0v) is 10.2. The average Bonchev–Trinajstić information content (AvgIpc) is 2.87. The number of aromatic amines is 1. The minimum Gasteiger partial charge on any atom is -0.378 e. The predicted molar refractivity (Wildman–Crippen MR) is 74.6 cm³/mol. The number of nitrogens with zero attached hydrogens (tertiary/aromatic N) is 1. The third-order valence-corrected chi connectivity index (χ3v) is 3.10. The normalized spacial score (nSPS) is 12.5. The summed E-state index contributed by atoms with van der Waals surface area (Å²) in [4.78, 5) is 7.34. The number of aromatic nitrogens is 2. The highest BCUT2D eigenvalue weighted by Crippen LogP contribution is 2.21. The van der Waals surface area contributed by atoms with Crippen molar-refractivity contribution in [2.75, 3.05) is 5.32 Å². The van der Waals surface area contributed by atoms with E-state index in [0.717, 1.165) is 16.7 Å². The minimum absolute atomic E-state index is 0.284. The van der Waals surface area contributed by atoms with Gasteiger partial charge >= 0.3 is 0 Å². The molecule has 0 fully saturated rings. The molecule has 18 heavy (non-hydrogen) atoms. The van der Waals surface area contributed by atoms with Crippen LogP contribution in [0.15, 0.2) is 54.9 Å². The number of benzene rings is 2. The van der Waals surface area contributed by atoms with Gasteiger partial charge in [0.2, 0.25) is 0 Å². The Morgan fingerprint density at radius 2 is 1.94 bits per heavy atom. The first kappa shape index (κ1) is 10.8. The van der Waals surface area contributed by atoms with Crippen molar-refractivity contribution in [2.24, 2.45) is 0 Å². The van der Waals surface area contributed by atoms with Gasteiger partial charge in [-0.1, -0.05) is 30.3 Å². The molecule has 3 rings (SSSR count). The molecule has 0 saturated heterocycles. The van der Waals surface area contributed by atoms with Crippen LogP contribution in [-0.4, -0.2) is 9.97 Å². The summed E-state index contributed by atoms with van der Waals surface area (Å²) < 4.78 is 0.